The number of anilines is 1. The molecule has 8 nitrogen and oxygen atoms in total. The van der Waals surface area contributed by atoms with Gasteiger partial charge in [-0.05, 0) is 54.1 Å². The number of sulfone groups is 1. The highest BCUT2D eigenvalue weighted by molar-refractivity contribution is 7.91. The molecule has 1 fully saturated rings. The highest BCUT2D eigenvalue weighted by Gasteiger charge is 2.31. The summed E-state index contributed by atoms with van der Waals surface area (Å²) in [6.07, 6.45) is 1.82. The third-order valence-electron chi connectivity index (χ3n) is 6.65. The molecular formula is C26H27ClN4O4S. The Morgan fingerprint density at radius 3 is 2.69 bits per heavy atom. The van der Waals surface area contributed by atoms with E-state index in [0.29, 0.717) is 24.7 Å². The topological polar surface area (TPSA) is 95.2 Å². The van der Waals surface area contributed by atoms with Crippen LogP contribution < -0.4 is 4.90 Å². The summed E-state index contributed by atoms with van der Waals surface area (Å²) < 4.78 is 28.0. The number of pyridine rings is 1. The molecule has 1 N–H and O–H groups in total. The van der Waals surface area contributed by atoms with E-state index in [1.54, 1.807) is 41.3 Å². The fraction of sp³-hybridized carbons (Fsp3) is 0.308. The molecule has 36 heavy (non-hydrogen) atoms. The second-order valence-electron chi connectivity index (χ2n) is 9.09. The standard InChI is InChI=1S/C26H27ClN4O4S/c1-18-15-31-24(28-18)3-2-4-25(31)29-10-11-30(22(16-29)17-32)26(33)9-12-36(34,35)23-8-6-19-13-21(27)7-5-20(19)14-23/h2-8,13-15,22,32H,9-12,16-17H2,1H3. The Bertz CT molecular complexity index is 1550. The van der Waals surface area contributed by atoms with Crippen molar-refractivity contribution in [2.75, 3.05) is 36.9 Å². The second-order valence-corrected chi connectivity index (χ2v) is 11.6. The van der Waals surface area contributed by atoms with E-state index in [4.69, 9.17) is 11.6 Å². The Kier molecular flexibility index (Phi) is 6.63. The smallest absolute Gasteiger partial charge is 0.224 e. The number of aliphatic hydroxyl groups is 1. The van der Waals surface area contributed by atoms with Crippen LogP contribution in [-0.2, 0) is 14.6 Å². The van der Waals surface area contributed by atoms with Crippen molar-refractivity contribution in [2.24, 2.45) is 0 Å². The van der Waals surface area contributed by atoms with Crippen molar-refractivity contribution in [1.29, 1.82) is 0 Å². The van der Waals surface area contributed by atoms with Crippen LogP contribution in [0.5, 0.6) is 0 Å². The summed E-state index contributed by atoms with van der Waals surface area (Å²) in [5, 5.41) is 12.3. The van der Waals surface area contributed by atoms with Gasteiger partial charge in [0.15, 0.2) is 9.84 Å². The van der Waals surface area contributed by atoms with E-state index in [1.165, 1.54) is 0 Å². The summed E-state index contributed by atoms with van der Waals surface area (Å²) in [5.74, 6) is 0.372. The maximum Gasteiger partial charge on any atom is 0.224 e. The molecule has 0 spiro atoms. The van der Waals surface area contributed by atoms with Gasteiger partial charge in [-0.1, -0.05) is 29.8 Å². The average molecular weight is 527 g/mol. The van der Waals surface area contributed by atoms with Crippen LogP contribution in [0.25, 0.3) is 16.4 Å². The van der Waals surface area contributed by atoms with Crippen molar-refractivity contribution >= 4 is 49.6 Å². The van der Waals surface area contributed by atoms with Gasteiger partial charge in [0.1, 0.15) is 11.5 Å². The van der Waals surface area contributed by atoms with Crippen LogP contribution in [-0.4, -0.2) is 71.8 Å². The molecule has 0 saturated carbocycles. The molecule has 1 unspecified atom stereocenters. The number of rotatable bonds is 6. The lowest BCUT2D eigenvalue weighted by molar-refractivity contribution is -0.134. The largest absolute Gasteiger partial charge is 0.394 e. The zero-order chi connectivity index (χ0) is 25.4. The van der Waals surface area contributed by atoms with E-state index in [2.05, 4.69) is 9.88 Å². The minimum Gasteiger partial charge on any atom is -0.394 e. The van der Waals surface area contributed by atoms with Crippen molar-refractivity contribution in [1.82, 2.24) is 14.3 Å². The van der Waals surface area contributed by atoms with Crippen molar-refractivity contribution in [3.8, 4) is 0 Å². The summed E-state index contributed by atoms with van der Waals surface area (Å²) in [4.78, 5) is 21.5. The number of halogens is 1. The first-order valence-electron chi connectivity index (χ1n) is 11.8. The Morgan fingerprint density at radius 2 is 1.89 bits per heavy atom. The van der Waals surface area contributed by atoms with Crippen LogP contribution in [0.15, 0.2) is 65.7 Å². The number of aryl methyl sites for hydroxylation is 1. The van der Waals surface area contributed by atoms with Gasteiger partial charge >= 0.3 is 0 Å². The number of carbonyl (C=O) groups excluding carboxylic acids is 1. The number of aromatic nitrogens is 2. The van der Waals surface area contributed by atoms with E-state index >= 15 is 0 Å². The van der Waals surface area contributed by atoms with Crippen LogP contribution in [0.2, 0.25) is 5.02 Å². The maximum absolute atomic E-state index is 13.1. The van der Waals surface area contributed by atoms with E-state index in [9.17, 15) is 18.3 Å². The van der Waals surface area contributed by atoms with Gasteiger partial charge in [0.05, 0.1) is 29.0 Å². The number of piperazine rings is 1. The van der Waals surface area contributed by atoms with Gasteiger partial charge < -0.3 is 14.9 Å². The molecule has 188 valence electrons. The monoisotopic (exact) mass is 526 g/mol. The number of hydrogen-bond donors (Lipinski definition) is 1. The highest BCUT2D eigenvalue weighted by atomic mass is 35.5. The first-order valence-corrected chi connectivity index (χ1v) is 13.8. The molecule has 1 amide bonds. The predicted octanol–water partition coefficient (Wildman–Crippen LogP) is 3.32. The Labute approximate surface area is 214 Å². The lowest BCUT2D eigenvalue weighted by Gasteiger charge is -2.41. The predicted molar refractivity (Wildman–Crippen MR) is 140 cm³/mol. The average Bonchev–Trinajstić information content (AvgIpc) is 3.26. The first-order chi connectivity index (χ1) is 17.2. The zero-order valence-corrected chi connectivity index (χ0v) is 21.4. The zero-order valence-electron chi connectivity index (χ0n) is 19.8. The van der Waals surface area contributed by atoms with Gasteiger partial charge in [-0.25, -0.2) is 13.4 Å². The van der Waals surface area contributed by atoms with Gasteiger partial charge in [0, 0.05) is 37.3 Å². The molecule has 4 aromatic rings. The van der Waals surface area contributed by atoms with E-state index in [-0.39, 0.29) is 29.6 Å². The molecule has 3 heterocycles. The Balaban J connectivity index is 1.27. The molecule has 1 atom stereocenters. The minimum atomic E-state index is -3.66. The van der Waals surface area contributed by atoms with Gasteiger partial charge in [0.25, 0.3) is 0 Å². The third kappa shape index (κ3) is 4.78. The van der Waals surface area contributed by atoms with Crippen LogP contribution >= 0.6 is 11.6 Å². The molecule has 0 bridgehead atoms. The molecule has 10 heteroatoms. The fourth-order valence-corrected chi connectivity index (χ4v) is 6.24. The SMILES string of the molecule is Cc1cn2c(N3CCN(C(=O)CCS(=O)(=O)c4ccc5cc(Cl)ccc5c4)C(CO)C3)cccc2n1. The number of benzene rings is 2. The number of imidazole rings is 1. The lowest BCUT2D eigenvalue weighted by Crippen LogP contribution is -2.57. The molecule has 2 aromatic carbocycles. The van der Waals surface area contributed by atoms with Crippen LogP contribution in [0.3, 0.4) is 0 Å². The number of aliphatic hydroxyl groups excluding tert-OH is 1. The minimum absolute atomic E-state index is 0.145. The van der Waals surface area contributed by atoms with E-state index < -0.39 is 15.9 Å². The maximum atomic E-state index is 13.1. The molecule has 1 aliphatic rings. The molecule has 1 aliphatic heterocycles. The molecular weight excluding hydrogens is 500 g/mol. The van der Waals surface area contributed by atoms with Crippen molar-refractivity contribution in [2.45, 2.75) is 24.3 Å². The number of hydrogen-bond acceptors (Lipinski definition) is 6. The molecule has 5 rings (SSSR count). The van der Waals surface area contributed by atoms with Gasteiger partial charge in [-0.15, -0.1) is 0 Å². The summed E-state index contributed by atoms with van der Waals surface area (Å²) in [7, 11) is -3.66. The normalized spacial score (nSPS) is 16.7. The summed E-state index contributed by atoms with van der Waals surface area (Å²) in [6, 6.07) is 15.6. The van der Waals surface area contributed by atoms with Gasteiger partial charge in [0.2, 0.25) is 5.91 Å². The Hall–Kier alpha value is -3.14. The van der Waals surface area contributed by atoms with E-state index in [0.717, 1.165) is 27.9 Å². The number of fused-ring (bicyclic) bond motifs is 2. The van der Waals surface area contributed by atoms with Crippen molar-refractivity contribution < 1.29 is 18.3 Å². The first kappa shape index (κ1) is 24.5. The summed E-state index contributed by atoms with van der Waals surface area (Å²) >= 11 is 6.02. The van der Waals surface area contributed by atoms with E-state index in [1.807, 2.05) is 35.7 Å². The second kappa shape index (κ2) is 9.72. The van der Waals surface area contributed by atoms with Crippen molar-refractivity contribution in [3.63, 3.8) is 0 Å². The molecule has 1 saturated heterocycles. The van der Waals surface area contributed by atoms with Crippen LogP contribution in [0.4, 0.5) is 5.82 Å². The molecule has 2 aromatic heterocycles. The fourth-order valence-electron chi connectivity index (χ4n) is 4.80. The van der Waals surface area contributed by atoms with Gasteiger partial charge in [-0.2, -0.15) is 0 Å². The molecule has 0 radical (unpaired) electrons. The highest BCUT2D eigenvalue weighted by Crippen LogP contribution is 2.25. The number of nitrogens with zero attached hydrogens (tertiary/aromatic N) is 4. The quantitative estimate of drug-likeness (QED) is 0.414. The number of amides is 1. The Morgan fingerprint density at radius 1 is 1.11 bits per heavy atom. The number of carbonyl (C=O) groups is 1. The summed E-state index contributed by atoms with van der Waals surface area (Å²) in [5.41, 5.74) is 1.75. The van der Waals surface area contributed by atoms with Crippen LogP contribution in [0.1, 0.15) is 12.1 Å². The molecule has 0 aliphatic carbocycles. The van der Waals surface area contributed by atoms with Gasteiger partial charge in [-0.3, -0.25) is 9.20 Å². The summed E-state index contributed by atoms with van der Waals surface area (Å²) in [6.45, 7) is 3.13. The lowest BCUT2D eigenvalue weighted by atomic mass is 10.1. The van der Waals surface area contributed by atoms with Crippen molar-refractivity contribution in [3.05, 3.63) is 71.5 Å². The third-order valence-corrected chi connectivity index (χ3v) is 8.60. The van der Waals surface area contributed by atoms with Crippen LogP contribution in [0, 0.1) is 6.92 Å².